The Labute approximate surface area is 141 Å². The van der Waals surface area contributed by atoms with Gasteiger partial charge >= 0.3 is 0 Å². The molecule has 0 unspecified atom stereocenters. The molecule has 0 saturated heterocycles. The van der Waals surface area contributed by atoms with Crippen molar-refractivity contribution in [3.63, 3.8) is 0 Å². The third-order valence-corrected chi connectivity index (χ3v) is 2.58. The molecular formula is C14H22F2IN3O. The van der Waals surface area contributed by atoms with E-state index < -0.39 is 11.6 Å². The fourth-order valence-electron chi connectivity index (χ4n) is 1.58. The zero-order valence-electron chi connectivity index (χ0n) is 12.3. The maximum absolute atomic E-state index is 13.5. The fraction of sp³-hybridized carbons (Fsp3) is 0.500. The van der Waals surface area contributed by atoms with Gasteiger partial charge in [-0.25, -0.2) is 13.8 Å². The predicted molar refractivity (Wildman–Crippen MR) is 91.1 cm³/mol. The number of rotatable bonds is 7. The van der Waals surface area contributed by atoms with E-state index >= 15 is 0 Å². The molecule has 1 aromatic rings. The van der Waals surface area contributed by atoms with Gasteiger partial charge in [0, 0.05) is 38.4 Å². The van der Waals surface area contributed by atoms with Crippen molar-refractivity contribution in [2.45, 2.75) is 19.9 Å². The first-order chi connectivity index (χ1) is 9.67. The molecule has 0 heterocycles. The van der Waals surface area contributed by atoms with Gasteiger partial charge in [-0.05, 0) is 19.4 Å². The number of guanidine groups is 1. The molecule has 120 valence electrons. The summed E-state index contributed by atoms with van der Waals surface area (Å²) < 4.78 is 31.2. The molecule has 0 aliphatic carbocycles. The Bertz CT molecular complexity index is 444. The summed E-state index contributed by atoms with van der Waals surface area (Å²) in [6.45, 7) is 4.20. The minimum absolute atomic E-state index is 0. The maximum atomic E-state index is 13.5. The number of methoxy groups -OCH3 is 1. The van der Waals surface area contributed by atoms with Crippen molar-refractivity contribution in [1.82, 2.24) is 10.6 Å². The first-order valence-corrected chi connectivity index (χ1v) is 6.62. The molecule has 0 saturated carbocycles. The van der Waals surface area contributed by atoms with Crippen LogP contribution in [-0.2, 0) is 11.3 Å². The van der Waals surface area contributed by atoms with Crippen molar-refractivity contribution in [3.05, 3.63) is 35.4 Å². The van der Waals surface area contributed by atoms with E-state index in [0.29, 0.717) is 31.2 Å². The zero-order chi connectivity index (χ0) is 14.8. The Kier molecular flexibility index (Phi) is 11.1. The van der Waals surface area contributed by atoms with Gasteiger partial charge in [0.25, 0.3) is 0 Å². The standard InChI is InChI=1S/C14H21F2N3O.HI/c1-3-17-14(18-7-4-8-20-2)19-10-11-5-6-12(15)9-13(11)16;/h5-6,9H,3-4,7-8,10H2,1-2H3,(H2,17,18,19);1H. The van der Waals surface area contributed by atoms with Crippen molar-refractivity contribution < 1.29 is 13.5 Å². The Morgan fingerprint density at radius 3 is 2.67 bits per heavy atom. The van der Waals surface area contributed by atoms with E-state index in [4.69, 9.17) is 4.74 Å². The van der Waals surface area contributed by atoms with Gasteiger partial charge in [0.15, 0.2) is 5.96 Å². The molecule has 0 bridgehead atoms. The largest absolute Gasteiger partial charge is 0.385 e. The van der Waals surface area contributed by atoms with Crippen LogP contribution >= 0.6 is 24.0 Å². The zero-order valence-corrected chi connectivity index (χ0v) is 14.6. The van der Waals surface area contributed by atoms with Crippen molar-refractivity contribution in [1.29, 1.82) is 0 Å². The average molecular weight is 413 g/mol. The van der Waals surface area contributed by atoms with Gasteiger partial charge in [0.05, 0.1) is 6.54 Å². The molecule has 0 fully saturated rings. The molecule has 1 aromatic carbocycles. The summed E-state index contributed by atoms with van der Waals surface area (Å²) in [4.78, 5) is 4.26. The van der Waals surface area contributed by atoms with Gasteiger partial charge in [-0.1, -0.05) is 6.07 Å². The molecule has 0 atom stereocenters. The molecule has 2 N–H and O–H groups in total. The van der Waals surface area contributed by atoms with Crippen LogP contribution in [0.5, 0.6) is 0 Å². The second-order valence-electron chi connectivity index (χ2n) is 4.20. The Hall–Kier alpha value is -0.960. The molecule has 21 heavy (non-hydrogen) atoms. The van der Waals surface area contributed by atoms with E-state index in [2.05, 4.69) is 15.6 Å². The molecule has 1 rings (SSSR count). The summed E-state index contributed by atoms with van der Waals surface area (Å²) in [6, 6.07) is 3.50. The second kappa shape index (κ2) is 11.7. The maximum Gasteiger partial charge on any atom is 0.191 e. The average Bonchev–Trinajstić information content (AvgIpc) is 2.42. The van der Waals surface area contributed by atoms with Gasteiger partial charge in [0.1, 0.15) is 11.6 Å². The minimum Gasteiger partial charge on any atom is -0.385 e. The number of hydrogen-bond donors (Lipinski definition) is 2. The topological polar surface area (TPSA) is 45.7 Å². The van der Waals surface area contributed by atoms with Gasteiger partial charge in [0.2, 0.25) is 0 Å². The lowest BCUT2D eigenvalue weighted by atomic mass is 10.2. The molecular weight excluding hydrogens is 391 g/mol. The number of aliphatic imine (C=N–C) groups is 1. The highest BCUT2D eigenvalue weighted by Gasteiger charge is 2.03. The molecule has 0 aliphatic rings. The highest BCUT2D eigenvalue weighted by Crippen LogP contribution is 2.10. The minimum atomic E-state index is -0.583. The highest BCUT2D eigenvalue weighted by molar-refractivity contribution is 14.0. The quantitative estimate of drug-likeness (QED) is 0.313. The predicted octanol–water partition coefficient (Wildman–Crippen LogP) is 2.67. The van der Waals surface area contributed by atoms with Crippen LogP contribution in [0.25, 0.3) is 0 Å². The van der Waals surface area contributed by atoms with Crippen LogP contribution < -0.4 is 10.6 Å². The number of ether oxygens (including phenoxy) is 1. The first kappa shape index (κ1) is 20.0. The summed E-state index contributed by atoms with van der Waals surface area (Å²) in [6.07, 6.45) is 0.853. The Morgan fingerprint density at radius 1 is 1.29 bits per heavy atom. The lowest BCUT2D eigenvalue weighted by molar-refractivity contribution is 0.195. The summed E-state index contributed by atoms with van der Waals surface area (Å²) in [5.74, 6) is -0.559. The van der Waals surface area contributed by atoms with Gasteiger partial charge in [-0.3, -0.25) is 0 Å². The van der Waals surface area contributed by atoms with Crippen molar-refractivity contribution in [2.24, 2.45) is 4.99 Å². The molecule has 0 radical (unpaired) electrons. The van der Waals surface area contributed by atoms with Gasteiger partial charge in [-0.15, -0.1) is 24.0 Å². The number of hydrogen-bond acceptors (Lipinski definition) is 2. The summed E-state index contributed by atoms with van der Waals surface area (Å²) in [7, 11) is 1.65. The van der Waals surface area contributed by atoms with E-state index in [1.54, 1.807) is 7.11 Å². The monoisotopic (exact) mass is 413 g/mol. The van der Waals surface area contributed by atoms with Gasteiger partial charge in [-0.2, -0.15) is 0 Å². The summed E-state index contributed by atoms with van der Waals surface area (Å²) >= 11 is 0. The molecule has 0 aliphatic heterocycles. The third-order valence-electron chi connectivity index (χ3n) is 2.58. The fourth-order valence-corrected chi connectivity index (χ4v) is 1.58. The summed E-state index contributed by atoms with van der Waals surface area (Å²) in [5.41, 5.74) is 0.362. The molecule has 0 aromatic heterocycles. The van der Waals surface area contributed by atoms with Crippen LogP contribution in [0.3, 0.4) is 0 Å². The molecule has 7 heteroatoms. The van der Waals surface area contributed by atoms with E-state index in [9.17, 15) is 8.78 Å². The lowest BCUT2D eigenvalue weighted by Gasteiger charge is -2.11. The smallest absolute Gasteiger partial charge is 0.191 e. The normalized spacial score (nSPS) is 11.0. The Balaban J connectivity index is 0.00000400. The van der Waals surface area contributed by atoms with E-state index in [0.717, 1.165) is 12.5 Å². The summed E-state index contributed by atoms with van der Waals surface area (Å²) in [5, 5.41) is 6.18. The van der Waals surface area contributed by atoms with Crippen LogP contribution in [0.4, 0.5) is 8.78 Å². The van der Waals surface area contributed by atoms with Crippen molar-refractivity contribution in [2.75, 3.05) is 26.8 Å². The van der Waals surface area contributed by atoms with Gasteiger partial charge < -0.3 is 15.4 Å². The number of nitrogens with zero attached hydrogens (tertiary/aromatic N) is 1. The Morgan fingerprint density at radius 2 is 2.05 bits per heavy atom. The molecule has 0 amide bonds. The number of benzene rings is 1. The van der Waals surface area contributed by atoms with Crippen LogP contribution in [0.1, 0.15) is 18.9 Å². The van der Waals surface area contributed by atoms with Crippen molar-refractivity contribution >= 4 is 29.9 Å². The van der Waals surface area contributed by atoms with Crippen LogP contribution in [0, 0.1) is 11.6 Å². The van der Waals surface area contributed by atoms with E-state index in [1.807, 2.05) is 6.92 Å². The molecule has 0 spiro atoms. The second-order valence-corrected chi connectivity index (χ2v) is 4.20. The van der Waals surface area contributed by atoms with E-state index in [1.165, 1.54) is 12.1 Å². The molecule has 4 nitrogen and oxygen atoms in total. The number of halogens is 3. The number of nitrogens with one attached hydrogen (secondary N) is 2. The third kappa shape index (κ3) is 8.15. The van der Waals surface area contributed by atoms with Crippen LogP contribution in [0.15, 0.2) is 23.2 Å². The lowest BCUT2D eigenvalue weighted by Crippen LogP contribution is -2.38. The SMILES string of the molecule is CCNC(=NCc1ccc(F)cc1F)NCCCOC.I. The van der Waals surface area contributed by atoms with Crippen molar-refractivity contribution in [3.8, 4) is 0 Å². The highest BCUT2D eigenvalue weighted by atomic mass is 127. The first-order valence-electron chi connectivity index (χ1n) is 6.62. The van der Waals surface area contributed by atoms with Crippen LogP contribution in [-0.4, -0.2) is 32.8 Å². The van der Waals surface area contributed by atoms with Crippen LogP contribution in [0.2, 0.25) is 0 Å². The van der Waals surface area contributed by atoms with E-state index in [-0.39, 0.29) is 30.5 Å².